The highest BCUT2D eigenvalue weighted by molar-refractivity contribution is 4.88. The smallest absolute Gasteiger partial charge is 0.0638 e. The number of nitriles is 1. The van der Waals surface area contributed by atoms with Gasteiger partial charge in [0.1, 0.15) is 0 Å². The van der Waals surface area contributed by atoms with Gasteiger partial charge in [-0.15, -0.1) is 6.58 Å². The summed E-state index contributed by atoms with van der Waals surface area (Å²) in [6.45, 7) is 8.25. The van der Waals surface area contributed by atoms with Crippen LogP contribution in [-0.2, 0) is 0 Å². The molecule has 0 amide bonds. The highest BCUT2D eigenvalue weighted by atomic mass is 15.2. The molecular weight excluding hydrogens is 186 g/mol. The van der Waals surface area contributed by atoms with Crippen LogP contribution in [0.2, 0.25) is 0 Å². The number of hydrogen-bond acceptors (Lipinski definition) is 3. The van der Waals surface area contributed by atoms with Crippen molar-refractivity contribution in [3.05, 3.63) is 12.7 Å². The van der Waals surface area contributed by atoms with E-state index in [4.69, 9.17) is 5.26 Å². The van der Waals surface area contributed by atoms with Gasteiger partial charge in [-0.2, -0.15) is 5.26 Å². The SMILES string of the molecule is C=CCC(CC#N)N1CCCN(C)CC1. The van der Waals surface area contributed by atoms with E-state index in [1.807, 2.05) is 6.08 Å². The van der Waals surface area contributed by atoms with Gasteiger partial charge in [0.2, 0.25) is 0 Å². The van der Waals surface area contributed by atoms with Crippen molar-refractivity contribution >= 4 is 0 Å². The molecule has 0 spiro atoms. The summed E-state index contributed by atoms with van der Waals surface area (Å²) in [4.78, 5) is 4.80. The Bertz CT molecular complexity index is 232. The molecule has 15 heavy (non-hydrogen) atoms. The van der Waals surface area contributed by atoms with Crippen molar-refractivity contribution in [1.29, 1.82) is 5.26 Å². The second kappa shape index (κ2) is 6.60. The minimum atomic E-state index is 0.374. The average molecular weight is 207 g/mol. The second-order valence-corrected chi connectivity index (χ2v) is 4.23. The third-order valence-corrected chi connectivity index (χ3v) is 3.04. The van der Waals surface area contributed by atoms with Crippen molar-refractivity contribution < 1.29 is 0 Å². The molecule has 1 fully saturated rings. The molecule has 0 radical (unpaired) electrons. The molecule has 1 saturated heterocycles. The largest absolute Gasteiger partial charge is 0.305 e. The van der Waals surface area contributed by atoms with Crippen LogP contribution in [0.1, 0.15) is 19.3 Å². The zero-order chi connectivity index (χ0) is 11.1. The Morgan fingerprint density at radius 1 is 1.40 bits per heavy atom. The van der Waals surface area contributed by atoms with Crippen LogP contribution in [0.3, 0.4) is 0 Å². The van der Waals surface area contributed by atoms with Gasteiger partial charge < -0.3 is 4.90 Å². The van der Waals surface area contributed by atoms with Gasteiger partial charge in [-0.3, -0.25) is 4.90 Å². The first-order chi connectivity index (χ1) is 7.27. The molecule has 0 aromatic heterocycles. The van der Waals surface area contributed by atoms with Crippen LogP contribution in [0.5, 0.6) is 0 Å². The summed E-state index contributed by atoms with van der Waals surface area (Å²) in [5.41, 5.74) is 0. The summed E-state index contributed by atoms with van der Waals surface area (Å²) in [5, 5.41) is 8.79. The number of rotatable bonds is 4. The van der Waals surface area contributed by atoms with Gasteiger partial charge in [0.25, 0.3) is 0 Å². The van der Waals surface area contributed by atoms with Crippen LogP contribution in [-0.4, -0.2) is 49.1 Å². The van der Waals surface area contributed by atoms with Gasteiger partial charge >= 0.3 is 0 Å². The molecule has 0 aromatic rings. The van der Waals surface area contributed by atoms with E-state index in [0.29, 0.717) is 12.5 Å². The van der Waals surface area contributed by atoms with E-state index in [1.165, 1.54) is 13.0 Å². The van der Waals surface area contributed by atoms with Crippen LogP contribution in [0.15, 0.2) is 12.7 Å². The molecule has 3 nitrogen and oxygen atoms in total. The van der Waals surface area contributed by atoms with Crippen molar-refractivity contribution in [2.75, 3.05) is 33.2 Å². The molecule has 0 aliphatic carbocycles. The van der Waals surface area contributed by atoms with Gasteiger partial charge in [0.15, 0.2) is 0 Å². The maximum absolute atomic E-state index is 8.79. The minimum absolute atomic E-state index is 0.374. The fraction of sp³-hybridized carbons (Fsp3) is 0.750. The fourth-order valence-electron chi connectivity index (χ4n) is 2.09. The van der Waals surface area contributed by atoms with Crippen LogP contribution in [0, 0.1) is 11.3 Å². The van der Waals surface area contributed by atoms with Crippen LogP contribution < -0.4 is 0 Å². The lowest BCUT2D eigenvalue weighted by molar-refractivity contribution is 0.205. The lowest BCUT2D eigenvalue weighted by Crippen LogP contribution is -2.37. The predicted octanol–water partition coefficient (Wildman–Crippen LogP) is 1.48. The van der Waals surface area contributed by atoms with Crippen molar-refractivity contribution in [2.24, 2.45) is 0 Å². The van der Waals surface area contributed by atoms with E-state index in [2.05, 4.69) is 29.5 Å². The zero-order valence-electron chi connectivity index (χ0n) is 9.65. The molecule has 1 rings (SSSR count). The van der Waals surface area contributed by atoms with E-state index in [1.54, 1.807) is 0 Å². The Morgan fingerprint density at radius 2 is 2.20 bits per heavy atom. The van der Waals surface area contributed by atoms with Crippen molar-refractivity contribution in [3.63, 3.8) is 0 Å². The first-order valence-corrected chi connectivity index (χ1v) is 5.68. The maximum atomic E-state index is 8.79. The average Bonchev–Trinajstić information content (AvgIpc) is 2.43. The molecule has 1 aliphatic rings. The first-order valence-electron chi connectivity index (χ1n) is 5.68. The first kappa shape index (κ1) is 12.2. The molecule has 0 bridgehead atoms. The monoisotopic (exact) mass is 207 g/mol. The standard InChI is InChI=1S/C12H21N3/c1-3-5-12(6-7-13)15-9-4-8-14(2)10-11-15/h3,12H,1,4-6,8-11H2,2H3. The summed E-state index contributed by atoms with van der Waals surface area (Å²) in [6.07, 6.45) is 4.68. The Hall–Kier alpha value is -0.850. The molecule has 1 heterocycles. The summed E-state index contributed by atoms with van der Waals surface area (Å²) in [6, 6.07) is 2.65. The molecule has 0 N–H and O–H groups in total. The Balaban J connectivity index is 2.50. The molecule has 1 aliphatic heterocycles. The van der Waals surface area contributed by atoms with Crippen molar-refractivity contribution in [2.45, 2.75) is 25.3 Å². The van der Waals surface area contributed by atoms with E-state index in [9.17, 15) is 0 Å². The highest BCUT2D eigenvalue weighted by Gasteiger charge is 2.19. The topological polar surface area (TPSA) is 30.3 Å². The van der Waals surface area contributed by atoms with Gasteiger partial charge in [-0.25, -0.2) is 0 Å². The van der Waals surface area contributed by atoms with Crippen molar-refractivity contribution in [1.82, 2.24) is 9.80 Å². The number of nitrogens with zero attached hydrogens (tertiary/aromatic N) is 3. The molecular formula is C12H21N3. The lowest BCUT2D eigenvalue weighted by Gasteiger charge is -2.28. The number of likely N-dealkylation sites (N-methyl/N-ethyl adjacent to an activating group) is 1. The molecule has 0 aromatic carbocycles. The minimum Gasteiger partial charge on any atom is -0.305 e. The third-order valence-electron chi connectivity index (χ3n) is 3.04. The van der Waals surface area contributed by atoms with E-state index in [-0.39, 0.29) is 0 Å². The summed E-state index contributed by atoms with van der Waals surface area (Å²) in [7, 11) is 2.16. The molecule has 1 atom stereocenters. The van der Waals surface area contributed by atoms with E-state index < -0.39 is 0 Å². The van der Waals surface area contributed by atoms with Crippen molar-refractivity contribution in [3.8, 4) is 6.07 Å². The summed E-state index contributed by atoms with van der Waals surface area (Å²) in [5.74, 6) is 0. The number of hydrogen-bond donors (Lipinski definition) is 0. The third kappa shape index (κ3) is 4.03. The van der Waals surface area contributed by atoms with Crippen LogP contribution in [0.25, 0.3) is 0 Å². The van der Waals surface area contributed by atoms with Gasteiger partial charge in [0, 0.05) is 19.1 Å². The lowest BCUT2D eigenvalue weighted by atomic mass is 10.1. The molecule has 1 unspecified atom stereocenters. The second-order valence-electron chi connectivity index (χ2n) is 4.23. The zero-order valence-corrected chi connectivity index (χ0v) is 9.65. The van der Waals surface area contributed by atoms with Crippen LogP contribution in [0.4, 0.5) is 0 Å². The van der Waals surface area contributed by atoms with E-state index >= 15 is 0 Å². The Morgan fingerprint density at radius 3 is 2.87 bits per heavy atom. The van der Waals surface area contributed by atoms with E-state index in [0.717, 1.165) is 26.1 Å². The quantitative estimate of drug-likeness (QED) is 0.654. The fourth-order valence-corrected chi connectivity index (χ4v) is 2.09. The Kier molecular flexibility index (Phi) is 5.38. The van der Waals surface area contributed by atoms with Gasteiger partial charge in [0.05, 0.1) is 12.5 Å². The maximum Gasteiger partial charge on any atom is 0.0638 e. The van der Waals surface area contributed by atoms with Gasteiger partial charge in [-0.1, -0.05) is 6.08 Å². The normalized spacial score (nSPS) is 21.6. The predicted molar refractivity (Wildman–Crippen MR) is 62.5 cm³/mol. The molecule has 84 valence electrons. The molecule has 0 saturated carbocycles. The van der Waals surface area contributed by atoms with Crippen LogP contribution >= 0.6 is 0 Å². The highest BCUT2D eigenvalue weighted by Crippen LogP contribution is 2.12. The Labute approximate surface area is 93.0 Å². The van der Waals surface area contributed by atoms with Gasteiger partial charge in [-0.05, 0) is 33.0 Å². The summed E-state index contributed by atoms with van der Waals surface area (Å²) >= 11 is 0. The summed E-state index contributed by atoms with van der Waals surface area (Å²) < 4.78 is 0. The molecule has 3 heteroatoms.